The van der Waals surface area contributed by atoms with Gasteiger partial charge < -0.3 is 9.47 Å². The van der Waals surface area contributed by atoms with E-state index in [0.29, 0.717) is 11.5 Å². The van der Waals surface area contributed by atoms with E-state index in [-0.39, 0.29) is 12.5 Å². The summed E-state index contributed by atoms with van der Waals surface area (Å²) in [7, 11) is 0. The van der Waals surface area contributed by atoms with Crippen LogP contribution in [0.1, 0.15) is 20.3 Å². The maximum absolute atomic E-state index is 11.8. The van der Waals surface area contributed by atoms with Crippen molar-refractivity contribution in [1.82, 2.24) is 5.43 Å². The maximum atomic E-state index is 11.8. The van der Waals surface area contributed by atoms with Gasteiger partial charge in [0.15, 0.2) is 11.5 Å². The van der Waals surface area contributed by atoms with Gasteiger partial charge in [-0.25, -0.2) is 5.43 Å². The molecule has 0 unspecified atom stereocenters. The highest BCUT2D eigenvalue weighted by Gasteiger charge is 2.26. The SMILES string of the molecule is CC/C(C)=N\NC(=O)[C@@H]1COc2ccccc2O1. The van der Waals surface area contributed by atoms with Gasteiger partial charge in [0.25, 0.3) is 5.91 Å². The molecule has 1 N–H and O–H groups in total. The first-order valence-electron chi connectivity index (χ1n) is 5.92. The highest BCUT2D eigenvalue weighted by atomic mass is 16.6. The molecule has 1 atom stereocenters. The van der Waals surface area contributed by atoms with Crippen LogP contribution in [0.5, 0.6) is 11.5 Å². The number of rotatable bonds is 3. The summed E-state index contributed by atoms with van der Waals surface area (Å²) >= 11 is 0. The standard InChI is InChI=1S/C13H16N2O3/c1-3-9(2)14-15-13(16)12-8-17-10-6-4-5-7-11(10)18-12/h4-7,12H,3,8H2,1-2H3,(H,15,16)/b14-9-/t12-/m0/s1. The molecule has 5 nitrogen and oxygen atoms in total. The molecule has 0 fully saturated rings. The van der Waals surface area contributed by atoms with Crippen molar-refractivity contribution in [1.29, 1.82) is 0 Å². The fourth-order valence-corrected chi connectivity index (χ4v) is 1.45. The number of hydrogen-bond acceptors (Lipinski definition) is 4. The third-order valence-electron chi connectivity index (χ3n) is 2.67. The average Bonchev–Trinajstić information content (AvgIpc) is 2.43. The van der Waals surface area contributed by atoms with E-state index in [1.165, 1.54) is 0 Å². The van der Waals surface area contributed by atoms with Gasteiger partial charge in [0.1, 0.15) is 6.61 Å². The molecule has 5 heteroatoms. The number of amides is 1. The van der Waals surface area contributed by atoms with Crippen molar-refractivity contribution in [2.45, 2.75) is 26.4 Å². The van der Waals surface area contributed by atoms with Crippen molar-refractivity contribution < 1.29 is 14.3 Å². The molecule has 96 valence electrons. The van der Waals surface area contributed by atoms with Gasteiger partial charge in [-0.3, -0.25) is 4.79 Å². The lowest BCUT2D eigenvalue weighted by molar-refractivity contribution is -0.130. The van der Waals surface area contributed by atoms with E-state index in [9.17, 15) is 4.79 Å². The molecule has 1 aliphatic rings. The topological polar surface area (TPSA) is 59.9 Å². The minimum absolute atomic E-state index is 0.198. The third-order valence-corrected chi connectivity index (χ3v) is 2.67. The van der Waals surface area contributed by atoms with Crippen LogP contribution >= 0.6 is 0 Å². The van der Waals surface area contributed by atoms with Gasteiger partial charge in [0, 0.05) is 5.71 Å². The molecule has 1 aromatic carbocycles. The molecular weight excluding hydrogens is 232 g/mol. The van der Waals surface area contributed by atoms with Crippen LogP contribution in [0.4, 0.5) is 0 Å². The van der Waals surface area contributed by atoms with Gasteiger partial charge in [0.2, 0.25) is 6.10 Å². The minimum atomic E-state index is -0.659. The molecular formula is C13H16N2O3. The summed E-state index contributed by atoms with van der Waals surface area (Å²) < 4.78 is 11.0. The molecule has 2 rings (SSSR count). The number of para-hydroxylation sites is 2. The Kier molecular flexibility index (Phi) is 3.82. The molecule has 0 saturated heterocycles. The van der Waals surface area contributed by atoms with Crippen LogP contribution in [0.25, 0.3) is 0 Å². The molecule has 0 radical (unpaired) electrons. The first-order valence-corrected chi connectivity index (χ1v) is 5.92. The largest absolute Gasteiger partial charge is 0.485 e. The summed E-state index contributed by atoms with van der Waals surface area (Å²) in [6, 6.07) is 7.28. The third kappa shape index (κ3) is 2.80. The second-order valence-electron chi connectivity index (χ2n) is 4.04. The summed E-state index contributed by atoms with van der Waals surface area (Å²) in [4.78, 5) is 11.8. The summed E-state index contributed by atoms with van der Waals surface area (Å²) in [6.07, 6.45) is 0.138. The zero-order valence-corrected chi connectivity index (χ0v) is 10.5. The van der Waals surface area contributed by atoms with Crippen LogP contribution < -0.4 is 14.9 Å². The van der Waals surface area contributed by atoms with Crippen molar-refractivity contribution in [3.63, 3.8) is 0 Å². The van der Waals surface area contributed by atoms with Gasteiger partial charge in [0.05, 0.1) is 0 Å². The van der Waals surface area contributed by atoms with Crippen LogP contribution in [-0.4, -0.2) is 24.3 Å². The number of benzene rings is 1. The average molecular weight is 248 g/mol. The highest BCUT2D eigenvalue weighted by molar-refractivity contribution is 5.86. The number of carbonyl (C=O) groups excluding carboxylic acids is 1. The van der Waals surface area contributed by atoms with Crippen molar-refractivity contribution >= 4 is 11.6 Å². The molecule has 1 aliphatic heterocycles. The van der Waals surface area contributed by atoms with Gasteiger partial charge in [-0.15, -0.1) is 0 Å². The van der Waals surface area contributed by atoms with Gasteiger partial charge >= 0.3 is 0 Å². The van der Waals surface area contributed by atoms with Crippen LogP contribution in [0.2, 0.25) is 0 Å². The molecule has 1 amide bonds. The molecule has 0 saturated carbocycles. The summed E-state index contributed by atoms with van der Waals surface area (Å²) in [5.74, 6) is 0.951. The lowest BCUT2D eigenvalue weighted by atomic mass is 10.2. The Balaban J connectivity index is 1.98. The van der Waals surface area contributed by atoms with E-state index >= 15 is 0 Å². The Hall–Kier alpha value is -2.04. The van der Waals surface area contributed by atoms with Gasteiger partial charge in [-0.05, 0) is 25.5 Å². The van der Waals surface area contributed by atoms with E-state index in [1.54, 1.807) is 6.07 Å². The summed E-state index contributed by atoms with van der Waals surface area (Å²) in [5.41, 5.74) is 3.34. The van der Waals surface area contributed by atoms with Crippen molar-refractivity contribution in [2.75, 3.05) is 6.61 Å². The van der Waals surface area contributed by atoms with E-state index in [4.69, 9.17) is 9.47 Å². The Morgan fingerprint density at radius 2 is 2.17 bits per heavy atom. The Morgan fingerprint density at radius 3 is 2.89 bits per heavy atom. The maximum Gasteiger partial charge on any atom is 0.284 e. The minimum Gasteiger partial charge on any atom is -0.485 e. The summed E-state index contributed by atoms with van der Waals surface area (Å²) in [6.45, 7) is 4.03. The molecule has 1 aromatic rings. The highest BCUT2D eigenvalue weighted by Crippen LogP contribution is 2.30. The van der Waals surface area contributed by atoms with E-state index in [1.807, 2.05) is 32.0 Å². The van der Waals surface area contributed by atoms with E-state index in [2.05, 4.69) is 10.5 Å². The van der Waals surface area contributed by atoms with Crippen LogP contribution in [0.3, 0.4) is 0 Å². The number of hydrogen-bond donors (Lipinski definition) is 1. The lowest BCUT2D eigenvalue weighted by Gasteiger charge is -2.24. The predicted molar refractivity (Wildman–Crippen MR) is 67.9 cm³/mol. The lowest BCUT2D eigenvalue weighted by Crippen LogP contribution is -2.42. The fraction of sp³-hybridized carbons (Fsp3) is 0.385. The van der Waals surface area contributed by atoms with E-state index in [0.717, 1.165) is 12.1 Å². The van der Waals surface area contributed by atoms with Crippen molar-refractivity contribution in [2.24, 2.45) is 5.10 Å². The van der Waals surface area contributed by atoms with Crippen molar-refractivity contribution in [3.05, 3.63) is 24.3 Å². The Labute approximate surface area is 106 Å². The first kappa shape index (κ1) is 12.4. The number of nitrogens with one attached hydrogen (secondary N) is 1. The second-order valence-corrected chi connectivity index (χ2v) is 4.04. The van der Waals surface area contributed by atoms with Crippen molar-refractivity contribution in [3.8, 4) is 11.5 Å². The Bertz CT molecular complexity index is 471. The van der Waals surface area contributed by atoms with Crippen LogP contribution in [-0.2, 0) is 4.79 Å². The van der Waals surface area contributed by atoms with Gasteiger partial charge in [-0.2, -0.15) is 5.10 Å². The zero-order chi connectivity index (χ0) is 13.0. The fourth-order valence-electron chi connectivity index (χ4n) is 1.45. The number of fused-ring (bicyclic) bond motifs is 1. The monoisotopic (exact) mass is 248 g/mol. The number of carbonyl (C=O) groups is 1. The smallest absolute Gasteiger partial charge is 0.284 e. The molecule has 0 aliphatic carbocycles. The molecule has 0 spiro atoms. The predicted octanol–water partition coefficient (Wildman–Crippen LogP) is 1.73. The zero-order valence-electron chi connectivity index (χ0n) is 10.5. The quantitative estimate of drug-likeness (QED) is 0.654. The normalized spacial score (nSPS) is 18.3. The van der Waals surface area contributed by atoms with Crippen LogP contribution in [0, 0.1) is 0 Å². The number of nitrogens with zero attached hydrogens (tertiary/aromatic N) is 1. The molecule has 0 aromatic heterocycles. The van der Waals surface area contributed by atoms with Gasteiger partial charge in [-0.1, -0.05) is 19.1 Å². The van der Waals surface area contributed by atoms with Crippen LogP contribution in [0.15, 0.2) is 29.4 Å². The molecule has 1 heterocycles. The Morgan fingerprint density at radius 1 is 1.44 bits per heavy atom. The summed E-state index contributed by atoms with van der Waals surface area (Å²) in [5, 5.41) is 3.96. The van der Waals surface area contributed by atoms with E-state index < -0.39 is 6.10 Å². The number of hydrazone groups is 1. The second kappa shape index (κ2) is 5.53. The molecule has 18 heavy (non-hydrogen) atoms. The first-order chi connectivity index (χ1) is 8.70. The number of ether oxygens (including phenoxy) is 2. The molecule has 0 bridgehead atoms.